The first-order valence-corrected chi connectivity index (χ1v) is 8.74. The van der Waals surface area contributed by atoms with E-state index in [-0.39, 0.29) is 0 Å². The number of aliphatic hydroxyl groups is 1. The van der Waals surface area contributed by atoms with Crippen molar-refractivity contribution in [3.8, 4) is 16.3 Å². The minimum Gasteiger partial charge on any atom is -0.496 e. The van der Waals surface area contributed by atoms with E-state index in [4.69, 9.17) is 4.74 Å². The summed E-state index contributed by atoms with van der Waals surface area (Å²) in [5.74, 6) is 0.837. The third kappa shape index (κ3) is 4.09. The highest BCUT2D eigenvalue weighted by Crippen LogP contribution is 2.32. The molecule has 124 valence electrons. The van der Waals surface area contributed by atoms with Crippen molar-refractivity contribution >= 4 is 11.3 Å². The van der Waals surface area contributed by atoms with E-state index in [9.17, 15) is 5.11 Å². The minimum absolute atomic E-state index is 0.599. The van der Waals surface area contributed by atoms with Crippen LogP contribution >= 0.6 is 11.3 Å². The van der Waals surface area contributed by atoms with Gasteiger partial charge in [-0.3, -0.25) is 0 Å². The Labute approximate surface area is 140 Å². The highest BCUT2D eigenvalue weighted by atomic mass is 32.1. The molecule has 0 bridgehead atoms. The maximum absolute atomic E-state index is 10.4. The lowest BCUT2D eigenvalue weighted by Gasteiger charge is -2.32. The fourth-order valence-electron chi connectivity index (χ4n) is 2.86. The average Bonchev–Trinajstić information content (AvgIpc) is 3.04. The third-order valence-electron chi connectivity index (χ3n) is 4.09. The Kier molecular flexibility index (Phi) is 5.27. The van der Waals surface area contributed by atoms with Crippen LogP contribution in [0.3, 0.4) is 0 Å². The molecule has 23 heavy (non-hydrogen) atoms. The van der Waals surface area contributed by atoms with Crippen LogP contribution in [-0.2, 0) is 6.54 Å². The topological polar surface area (TPSA) is 66.4 Å². The van der Waals surface area contributed by atoms with E-state index < -0.39 is 5.60 Å². The van der Waals surface area contributed by atoms with Crippen LogP contribution in [0.2, 0.25) is 0 Å². The molecule has 1 atom stereocenters. The number of methoxy groups -OCH3 is 1. The van der Waals surface area contributed by atoms with E-state index in [1.165, 1.54) is 0 Å². The van der Waals surface area contributed by atoms with Gasteiger partial charge in [-0.05, 0) is 31.5 Å². The zero-order chi connectivity index (χ0) is 16.1. The molecule has 0 amide bonds. The zero-order valence-corrected chi connectivity index (χ0v) is 14.2. The van der Waals surface area contributed by atoms with Crippen LogP contribution in [0, 0.1) is 0 Å². The van der Waals surface area contributed by atoms with Gasteiger partial charge < -0.3 is 20.5 Å². The van der Waals surface area contributed by atoms with Crippen LogP contribution in [0.25, 0.3) is 10.6 Å². The Balaban J connectivity index is 1.59. The molecule has 2 aromatic rings. The van der Waals surface area contributed by atoms with E-state index in [0.29, 0.717) is 13.1 Å². The van der Waals surface area contributed by atoms with Crippen molar-refractivity contribution in [3.05, 3.63) is 35.3 Å². The summed E-state index contributed by atoms with van der Waals surface area (Å²) in [4.78, 5) is 5.65. The highest BCUT2D eigenvalue weighted by Gasteiger charge is 2.28. The first-order chi connectivity index (χ1) is 11.2. The second-order valence-corrected chi connectivity index (χ2v) is 7.06. The molecular weight excluding hydrogens is 310 g/mol. The molecule has 2 heterocycles. The molecule has 1 unspecified atom stereocenters. The molecule has 1 aliphatic rings. The van der Waals surface area contributed by atoms with Gasteiger partial charge in [-0.2, -0.15) is 0 Å². The molecule has 1 aromatic heterocycles. The SMILES string of the molecule is COc1ccccc1-c1ncc(CNCC2(O)CCCNC2)s1. The maximum atomic E-state index is 10.4. The standard InChI is InChI=1S/C17H23N3O2S/c1-22-15-6-3-2-5-14(15)16-20-10-13(23-16)9-19-12-17(21)7-4-8-18-11-17/h2-3,5-6,10,18-19,21H,4,7-9,11-12H2,1H3. The molecule has 0 saturated carbocycles. The van der Waals surface area contributed by atoms with Crippen molar-refractivity contribution in [3.63, 3.8) is 0 Å². The molecule has 3 rings (SSSR count). The first-order valence-electron chi connectivity index (χ1n) is 7.92. The fraction of sp³-hybridized carbons (Fsp3) is 0.471. The van der Waals surface area contributed by atoms with Gasteiger partial charge in [-0.15, -0.1) is 11.3 Å². The van der Waals surface area contributed by atoms with Gasteiger partial charge in [0.1, 0.15) is 10.8 Å². The molecule has 0 aliphatic carbocycles. The molecule has 1 aromatic carbocycles. The van der Waals surface area contributed by atoms with Crippen molar-refractivity contribution < 1.29 is 9.84 Å². The summed E-state index contributed by atoms with van der Waals surface area (Å²) >= 11 is 1.65. The molecule has 3 N–H and O–H groups in total. The van der Waals surface area contributed by atoms with Crippen molar-refractivity contribution in [2.75, 3.05) is 26.7 Å². The van der Waals surface area contributed by atoms with Gasteiger partial charge in [-0.1, -0.05) is 12.1 Å². The van der Waals surface area contributed by atoms with Crippen LogP contribution in [0.15, 0.2) is 30.5 Å². The Bertz CT molecular complexity index is 638. The number of hydrogen-bond donors (Lipinski definition) is 3. The molecule has 0 spiro atoms. The van der Waals surface area contributed by atoms with E-state index in [1.54, 1.807) is 18.4 Å². The van der Waals surface area contributed by atoms with E-state index in [0.717, 1.165) is 47.1 Å². The molecule has 1 aliphatic heterocycles. The average molecular weight is 333 g/mol. The summed E-state index contributed by atoms with van der Waals surface area (Å²) < 4.78 is 5.39. The fourth-order valence-corrected chi connectivity index (χ4v) is 3.77. The summed E-state index contributed by atoms with van der Waals surface area (Å²) in [6.45, 7) is 2.98. The van der Waals surface area contributed by atoms with Gasteiger partial charge >= 0.3 is 0 Å². The second kappa shape index (κ2) is 7.40. The quantitative estimate of drug-likeness (QED) is 0.755. The normalized spacial score (nSPS) is 21.3. The number of thiazole rings is 1. The Morgan fingerprint density at radius 3 is 3.09 bits per heavy atom. The van der Waals surface area contributed by atoms with Crippen molar-refractivity contribution in [2.45, 2.75) is 25.0 Å². The van der Waals surface area contributed by atoms with Gasteiger partial charge in [-0.25, -0.2) is 4.98 Å². The van der Waals surface area contributed by atoms with Crippen molar-refractivity contribution in [1.82, 2.24) is 15.6 Å². The van der Waals surface area contributed by atoms with Crippen molar-refractivity contribution in [1.29, 1.82) is 0 Å². The first kappa shape index (κ1) is 16.4. The molecular formula is C17H23N3O2S. The number of rotatable bonds is 6. The summed E-state index contributed by atoms with van der Waals surface area (Å²) in [6, 6.07) is 7.91. The van der Waals surface area contributed by atoms with Crippen LogP contribution in [0.4, 0.5) is 0 Å². The van der Waals surface area contributed by atoms with Gasteiger partial charge in [0, 0.05) is 30.7 Å². The van der Waals surface area contributed by atoms with E-state index in [2.05, 4.69) is 15.6 Å². The number of aromatic nitrogens is 1. The summed E-state index contributed by atoms with van der Waals surface area (Å²) in [6.07, 6.45) is 3.77. The van der Waals surface area contributed by atoms with Crippen LogP contribution in [0.5, 0.6) is 5.75 Å². The lowest BCUT2D eigenvalue weighted by Crippen LogP contribution is -2.51. The number of β-amino-alcohol motifs (C(OH)–C–C–N with tert-alkyl or cyclic N) is 1. The van der Waals surface area contributed by atoms with Gasteiger partial charge in [0.2, 0.25) is 0 Å². The van der Waals surface area contributed by atoms with Crippen LogP contribution in [0.1, 0.15) is 17.7 Å². The Morgan fingerprint density at radius 2 is 2.30 bits per heavy atom. The number of ether oxygens (including phenoxy) is 1. The lowest BCUT2D eigenvalue weighted by molar-refractivity contribution is 0.0169. The predicted molar refractivity (Wildman–Crippen MR) is 92.9 cm³/mol. The van der Waals surface area contributed by atoms with Gasteiger partial charge in [0.25, 0.3) is 0 Å². The molecule has 1 fully saturated rings. The number of nitrogens with one attached hydrogen (secondary N) is 2. The number of nitrogens with zero attached hydrogens (tertiary/aromatic N) is 1. The zero-order valence-electron chi connectivity index (χ0n) is 13.3. The number of piperidine rings is 1. The largest absolute Gasteiger partial charge is 0.496 e. The third-order valence-corrected chi connectivity index (χ3v) is 5.12. The summed E-state index contributed by atoms with van der Waals surface area (Å²) in [7, 11) is 1.67. The highest BCUT2D eigenvalue weighted by molar-refractivity contribution is 7.15. The molecule has 0 radical (unpaired) electrons. The molecule has 6 heteroatoms. The number of benzene rings is 1. The summed E-state index contributed by atoms with van der Waals surface area (Å²) in [5, 5.41) is 18.0. The van der Waals surface area contributed by atoms with Gasteiger partial charge in [0.15, 0.2) is 0 Å². The van der Waals surface area contributed by atoms with E-state index in [1.807, 2.05) is 30.5 Å². The van der Waals surface area contributed by atoms with E-state index >= 15 is 0 Å². The summed E-state index contributed by atoms with van der Waals surface area (Å²) in [5.41, 5.74) is 0.385. The van der Waals surface area contributed by atoms with Crippen LogP contribution in [-0.4, -0.2) is 42.4 Å². The van der Waals surface area contributed by atoms with Crippen molar-refractivity contribution in [2.24, 2.45) is 0 Å². The predicted octanol–water partition coefficient (Wildman–Crippen LogP) is 2.02. The number of para-hydroxylation sites is 1. The van der Waals surface area contributed by atoms with Gasteiger partial charge in [0.05, 0.1) is 18.3 Å². The van der Waals surface area contributed by atoms with Crippen LogP contribution < -0.4 is 15.4 Å². The Hall–Kier alpha value is -1.47. The molecule has 1 saturated heterocycles. The minimum atomic E-state index is -0.631. The smallest absolute Gasteiger partial charge is 0.129 e. The monoisotopic (exact) mass is 333 g/mol. The maximum Gasteiger partial charge on any atom is 0.129 e. The Morgan fingerprint density at radius 1 is 1.43 bits per heavy atom. The lowest BCUT2D eigenvalue weighted by atomic mass is 9.94. The molecule has 5 nitrogen and oxygen atoms in total. The number of hydrogen-bond acceptors (Lipinski definition) is 6. The second-order valence-electron chi connectivity index (χ2n) is 5.94.